The first-order chi connectivity index (χ1) is 9.99. The molecule has 1 unspecified atom stereocenters. The highest BCUT2D eigenvalue weighted by atomic mass is 79.9. The summed E-state index contributed by atoms with van der Waals surface area (Å²) in [6.45, 7) is 4.98. The van der Waals surface area contributed by atoms with E-state index in [1.54, 1.807) is 18.2 Å². The van der Waals surface area contributed by atoms with Gasteiger partial charge < -0.3 is 10.1 Å². The zero-order chi connectivity index (χ0) is 15.5. The summed E-state index contributed by atoms with van der Waals surface area (Å²) in [5, 5.41) is 3.66. The van der Waals surface area contributed by atoms with Crippen molar-refractivity contribution in [2.45, 2.75) is 51.2 Å². The predicted molar refractivity (Wildman–Crippen MR) is 88.9 cm³/mol. The van der Waals surface area contributed by atoms with Crippen molar-refractivity contribution >= 4 is 33.4 Å². The van der Waals surface area contributed by atoms with E-state index in [4.69, 9.17) is 16.3 Å². The van der Waals surface area contributed by atoms with Crippen LogP contribution in [-0.4, -0.2) is 24.2 Å². The number of nitrogens with one attached hydrogen (secondary N) is 1. The Balaban J connectivity index is 2.03. The zero-order valence-corrected chi connectivity index (χ0v) is 14.8. The van der Waals surface area contributed by atoms with Gasteiger partial charge in [0.1, 0.15) is 0 Å². The monoisotopic (exact) mass is 373 g/mol. The maximum Gasteiger partial charge on any atom is 0.251 e. The third-order valence-corrected chi connectivity index (χ3v) is 5.53. The Labute approximate surface area is 139 Å². The van der Waals surface area contributed by atoms with Gasteiger partial charge in [-0.25, -0.2) is 0 Å². The number of carbonyl (C=O) groups is 1. The Morgan fingerprint density at radius 2 is 2.19 bits per heavy atom. The van der Waals surface area contributed by atoms with Crippen LogP contribution in [0.25, 0.3) is 0 Å². The van der Waals surface area contributed by atoms with Crippen LogP contribution in [0.2, 0.25) is 5.02 Å². The molecular weight excluding hydrogens is 354 g/mol. The first kappa shape index (κ1) is 16.8. The molecular formula is C16H21BrClNO2. The molecule has 116 valence electrons. The van der Waals surface area contributed by atoms with Crippen LogP contribution in [0.3, 0.4) is 0 Å². The maximum atomic E-state index is 12.3. The average Bonchev–Trinajstić information content (AvgIpc) is 2.50. The molecule has 1 N–H and O–H groups in total. The topological polar surface area (TPSA) is 38.3 Å². The van der Waals surface area contributed by atoms with E-state index in [1.165, 1.54) is 0 Å². The number of benzene rings is 1. The van der Waals surface area contributed by atoms with E-state index >= 15 is 0 Å². The maximum absolute atomic E-state index is 12.3. The van der Waals surface area contributed by atoms with Gasteiger partial charge in [-0.1, -0.05) is 25.4 Å². The van der Waals surface area contributed by atoms with Gasteiger partial charge in [0.25, 0.3) is 5.91 Å². The van der Waals surface area contributed by atoms with Crippen molar-refractivity contribution in [2.75, 3.05) is 6.61 Å². The van der Waals surface area contributed by atoms with Gasteiger partial charge in [0, 0.05) is 22.7 Å². The lowest BCUT2D eigenvalue weighted by Gasteiger charge is -2.40. The van der Waals surface area contributed by atoms with E-state index in [9.17, 15) is 4.79 Å². The fourth-order valence-corrected chi connectivity index (χ4v) is 3.23. The number of rotatable bonds is 4. The van der Waals surface area contributed by atoms with Crippen molar-refractivity contribution in [3.05, 3.63) is 33.3 Å². The second-order valence-corrected chi connectivity index (χ2v) is 6.79. The van der Waals surface area contributed by atoms with Crippen molar-refractivity contribution in [2.24, 2.45) is 0 Å². The summed E-state index contributed by atoms with van der Waals surface area (Å²) in [6, 6.07) is 5.42. The normalized spacial score (nSPS) is 21.0. The quantitative estimate of drug-likeness (QED) is 0.838. The van der Waals surface area contributed by atoms with Gasteiger partial charge in [0.05, 0.1) is 10.6 Å². The summed E-state index contributed by atoms with van der Waals surface area (Å²) >= 11 is 9.37. The predicted octanol–water partition coefficient (Wildman–Crippen LogP) is 4.57. The first-order valence-corrected chi connectivity index (χ1v) is 8.56. The second-order valence-electron chi connectivity index (χ2n) is 5.53. The fourth-order valence-electron chi connectivity index (χ4n) is 2.80. The van der Waals surface area contributed by atoms with E-state index in [-0.39, 0.29) is 17.6 Å². The van der Waals surface area contributed by atoms with Gasteiger partial charge >= 0.3 is 0 Å². The van der Waals surface area contributed by atoms with Gasteiger partial charge in [0.15, 0.2) is 0 Å². The molecule has 0 aromatic heterocycles. The highest BCUT2D eigenvalue weighted by molar-refractivity contribution is 9.10. The van der Waals surface area contributed by atoms with Crippen molar-refractivity contribution < 1.29 is 9.53 Å². The standard InChI is InChI=1S/C16H21BrClNO2/c1-3-16(4-2)10-12(7-8-21-16)19-15(20)11-5-6-13(17)14(18)9-11/h5-6,9,12H,3-4,7-8,10H2,1-2H3,(H,19,20). The minimum Gasteiger partial charge on any atom is -0.375 e. The van der Waals surface area contributed by atoms with E-state index in [0.717, 1.165) is 30.2 Å². The Kier molecular flexibility index (Phi) is 5.69. The van der Waals surface area contributed by atoms with Crippen LogP contribution in [0.4, 0.5) is 0 Å². The molecule has 1 aliphatic heterocycles. The number of hydrogen-bond donors (Lipinski definition) is 1. The van der Waals surface area contributed by atoms with E-state index in [1.807, 2.05) is 0 Å². The highest BCUT2D eigenvalue weighted by Gasteiger charge is 2.35. The van der Waals surface area contributed by atoms with Crippen LogP contribution in [0.1, 0.15) is 49.9 Å². The Morgan fingerprint density at radius 3 is 2.81 bits per heavy atom. The van der Waals surface area contributed by atoms with Crippen molar-refractivity contribution in [3.63, 3.8) is 0 Å². The highest BCUT2D eigenvalue weighted by Crippen LogP contribution is 2.31. The molecule has 1 aromatic rings. The third kappa shape index (κ3) is 3.99. The van der Waals surface area contributed by atoms with E-state index in [2.05, 4.69) is 35.1 Å². The van der Waals surface area contributed by atoms with Gasteiger partial charge in [-0.05, 0) is 59.8 Å². The summed E-state index contributed by atoms with van der Waals surface area (Å²) in [5.74, 6) is -0.0718. The summed E-state index contributed by atoms with van der Waals surface area (Å²) in [4.78, 5) is 12.3. The molecule has 1 amide bonds. The Hall–Kier alpha value is -0.580. The molecule has 1 aromatic carbocycles. The van der Waals surface area contributed by atoms with Gasteiger partial charge in [-0.15, -0.1) is 0 Å². The first-order valence-electron chi connectivity index (χ1n) is 7.39. The summed E-state index contributed by atoms with van der Waals surface area (Å²) < 4.78 is 6.73. The third-order valence-electron chi connectivity index (χ3n) is 4.30. The number of amides is 1. The Bertz CT molecular complexity index is 517. The molecule has 1 atom stereocenters. The lowest BCUT2D eigenvalue weighted by molar-refractivity contribution is -0.0917. The molecule has 0 saturated carbocycles. The molecule has 2 rings (SSSR count). The summed E-state index contributed by atoms with van der Waals surface area (Å²) in [7, 11) is 0. The SMILES string of the molecule is CCC1(CC)CC(NC(=O)c2ccc(Br)c(Cl)c2)CCO1. The minimum atomic E-state index is -0.0897. The molecule has 1 fully saturated rings. The lowest BCUT2D eigenvalue weighted by atomic mass is 9.86. The fraction of sp³-hybridized carbons (Fsp3) is 0.562. The van der Waals surface area contributed by atoms with Crippen LogP contribution >= 0.6 is 27.5 Å². The summed E-state index contributed by atoms with van der Waals surface area (Å²) in [6.07, 6.45) is 3.67. The van der Waals surface area contributed by atoms with Crippen molar-refractivity contribution in [1.82, 2.24) is 5.32 Å². The average molecular weight is 375 g/mol. The molecule has 1 aliphatic rings. The van der Waals surface area contributed by atoms with E-state index < -0.39 is 0 Å². The molecule has 1 heterocycles. The van der Waals surface area contributed by atoms with Crippen molar-refractivity contribution in [3.8, 4) is 0 Å². The number of ether oxygens (including phenoxy) is 1. The van der Waals surface area contributed by atoms with E-state index in [0.29, 0.717) is 17.2 Å². The molecule has 3 nitrogen and oxygen atoms in total. The zero-order valence-electron chi connectivity index (χ0n) is 12.4. The smallest absolute Gasteiger partial charge is 0.251 e. The van der Waals surface area contributed by atoms with Crippen LogP contribution in [0, 0.1) is 0 Å². The lowest BCUT2D eigenvalue weighted by Crippen LogP contribution is -2.48. The van der Waals surface area contributed by atoms with Crippen LogP contribution < -0.4 is 5.32 Å². The molecule has 21 heavy (non-hydrogen) atoms. The molecule has 0 aliphatic carbocycles. The largest absolute Gasteiger partial charge is 0.375 e. The number of carbonyl (C=O) groups excluding carboxylic acids is 1. The summed E-state index contributed by atoms with van der Waals surface area (Å²) in [5.41, 5.74) is 0.501. The molecule has 5 heteroatoms. The van der Waals surface area contributed by atoms with Gasteiger partial charge in [-0.3, -0.25) is 4.79 Å². The van der Waals surface area contributed by atoms with Crippen molar-refractivity contribution in [1.29, 1.82) is 0 Å². The number of halogens is 2. The van der Waals surface area contributed by atoms with Crippen LogP contribution in [0.5, 0.6) is 0 Å². The van der Waals surface area contributed by atoms with Crippen LogP contribution in [-0.2, 0) is 4.74 Å². The second kappa shape index (κ2) is 7.12. The van der Waals surface area contributed by atoms with Gasteiger partial charge in [-0.2, -0.15) is 0 Å². The molecule has 0 radical (unpaired) electrons. The molecule has 0 bridgehead atoms. The molecule has 0 spiro atoms. The van der Waals surface area contributed by atoms with Crippen LogP contribution in [0.15, 0.2) is 22.7 Å². The Morgan fingerprint density at radius 1 is 1.48 bits per heavy atom. The number of hydrogen-bond acceptors (Lipinski definition) is 2. The molecule has 1 saturated heterocycles. The minimum absolute atomic E-state index is 0.0718. The van der Waals surface area contributed by atoms with Gasteiger partial charge in [0.2, 0.25) is 0 Å².